The average molecular weight is 677 g/mol. The highest BCUT2D eigenvalue weighted by Crippen LogP contribution is 2.49. The van der Waals surface area contributed by atoms with Gasteiger partial charge >= 0.3 is 5.69 Å². The lowest BCUT2D eigenvalue weighted by atomic mass is 9.80. The zero-order valence-corrected chi connectivity index (χ0v) is 29.7. The predicted molar refractivity (Wildman–Crippen MR) is 188 cm³/mol. The molecule has 1 aliphatic rings. The van der Waals surface area contributed by atoms with Crippen LogP contribution in [0.15, 0.2) is 101 Å². The molecule has 11 heteroatoms. The van der Waals surface area contributed by atoms with Crippen molar-refractivity contribution in [1.29, 1.82) is 0 Å². The van der Waals surface area contributed by atoms with E-state index in [0.717, 1.165) is 28.2 Å². The summed E-state index contributed by atoms with van der Waals surface area (Å²) in [5, 5.41) is 10.6. The van der Waals surface area contributed by atoms with E-state index in [1.807, 2.05) is 78.9 Å². The number of aliphatic hydroxyl groups is 1. The van der Waals surface area contributed by atoms with Crippen LogP contribution in [0.1, 0.15) is 42.8 Å². The molecular formula is C36H44N2O7SSi. The van der Waals surface area contributed by atoms with Gasteiger partial charge in [0.15, 0.2) is 8.32 Å². The smallest absolute Gasteiger partial charge is 0.329 e. The Hall–Kier alpha value is -3.61. The fourth-order valence-corrected chi connectivity index (χ4v) is 8.58. The second-order valence-corrected chi connectivity index (χ2v) is 19.3. The molecule has 47 heavy (non-hydrogen) atoms. The molecule has 5 rings (SSSR count). The molecule has 3 aromatic carbocycles. The number of rotatable bonds is 11. The summed E-state index contributed by atoms with van der Waals surface area (Å²) in [6, 6.07) is 26.9. The highest BCUT2D eigenvalue weighted by atomic mass is 32.2. The van der Waals surface area contributed by atoms with Crippen LogP contribution in [0, 0.1) is 0 Å². The number of ether oxygens (including phenoxy) is 3. The number of thioether (sulfide) groups is 1. The van der Waals surface area contributed by atoms with Crippen LogP contribution in [0.3, 0.4) is 0 Å². The predicted octanol–water partition coefficient (Wildman–Crippen LogP) is 5.93. The molecule has 1 aromatic heterocycles. The van der Waals surface area contributed by atoms with E-state index in [2.05, 4.69) is 38.8 Å². The van der Waals surface area contributed by atoms with Gasteiger partial charge in [-0.05, 0) is 59.1 Å². The zero-order chi connectivity index (χ0) is 34.0. The number of nitrogens with zero attached hydrogens (tertiary/aromatic N) is 1. The summed E-state index contributed by atoms with van der Waals surface area (Å²) in [6.45, 7) is 10.9. The van der Waals surface area contributed by atoms with Crippen molar-refractivity contribution < 1.29 is 23.7 Å². The number of methoxy groups -OCH3 is 2. The van der Waals surface area contributed by atoms with Gasteiger partial charge in [0.25, 0.3) is 5.56 Å². The van der Waals surface area contributed by atoms with Crippen molar-refractivity contribution in [2.45, 2.75) is 67.3 Å². The lowest BCUT2D eigenvalue weighted by Crippen LogP contribution is -2.50. The van der Waals surface area contributed by atoms with Crippen LogP contribution in [-0.2, 0) is 14.8 Å². The molecule has 0 radical (unpaired) electrons. The Morgan fingerprint density at radius 3 is 1.85 bits per heavy atom. The molecule has 2 N–H and O–H groups in total. The molecule has 2 heterocycles. The molecule has 0 bridgehead atoms. The van der Waals surface area contributed by atoms with Crippen molar-refractivity contribution in [3.05, 3.63) is 129 Å². The minimum atomic E-state index is -2.40. The maximum Gasteiger partial charge on any atom is 0.329 e. The molecule has 1 aliphatic heterocycles. The molecule has 0 spiro atoms. The Labute approximate surface area is 281 Å². The third kappa shape index (κ3) is 7.00. The monoisotopic (exact) mass is 676 g/mol. The van der Waals surface area contributed by atoms with Crippen molar-refractivity contribution in [2.24, 2.45) is 0 Å². The van der Waals surface area contributed by atoms with Crippen molar-refractivity contribution in [2.75, 3.05) is 20.8 Å². The van der Waals surface area contributed by atoms with Gasteiger partial charge in [-0.3, -0.25) is 14.3 Å². The van der Waals surface area contributed by atoms with Crippen molar-refractivity contribution >= 4 is 20.1 Å². The van der Waals surface area contributed by atoms with E-state index in [0.29, 0.717) is 0 Å². The van der Waals surface area contributed by atoms with E-state index in [1.54, 1.807) is 14.2 Å². The van der Waals surface area contributed by atoms with Gasteiger partial charge in [0.1, 0.15) is 28.6 Å². The maximum atomic E-state index is 12.9. The summed E-state index contributed by atoms with van der Waals surface area (Å²) in [4.78, 5) is 27.1. The van der Waals surface area contributed by atoms with Gasteiger partial charge in [-0.25, -0.2) is 4.79 Å². The van der Waals surface area contributed by atoms with E-state index < -0.39 is 42.7 Å². The zero-order valence-electron chi connectivity index (χ0n) is 27.9. The van der Waals surface area contributed by atoms with Gasteiger partial charge in [0.2, 0.25) is 0 Å². The number of aliphatic hydroxyl groups excluding tert-OH is 1. The second-order valence-electron chi connectivity index (χ2n) is 13.2. The normalized spacial score (nSPS) is 20.3. The first-order valence-corrected chi connectivity index (χ1v) is 19.5. The van der Waals surface area contributed by atoms with E-state index >= 15 is 0 Å². The summed E-state index contributed by atoms with van der Waals surface area (Å²) in [7, 11) is 0.871. The summed E-state index contributed by atoms with van der Waals surface area (Å²) < 4.78 is 26.5. The van der Waals surface area contributed by atoms with Crippen LogP contribution in [0.25, 0.3) is 0 Å². The summed E-state index contributed by atoms with van der Waals surface area (Å²) >= 11 is 1.41. The molecule has 9 nitrogen and oxygen atoms in total. The molecule has 0 saturated carbocycles. The van der Waals surface area contributed by atoms with Gasteiger partial charge in [-0.1, -0.05) is 75.4 Å². The van der Waals surface area contributed by atoms with Crippen LogP contribution in [0.2, 0.25) is 18.1 Å². The number of H-pyrrole nitrogens is 1. The third-order valence-electron chi connectivity index (χ3n) is 9.31. The topological polar surface area (TPSA) is 112 Å². The number of nitrogens with one attached hydrogen (secondary N) is 1. The van der Waals surface area contributed by atoms with Crippen LogP contribution < -0.4 is 20.7 Å². The first kappa shape index (κ1) is 34.7. The molecule has 1 fully saturated rings. The number of benzene rings is 3. The summed E-state index contributed by atoms with van der Waals surface area (Å²) in [6.07, 6.45) is -0.262. The lowest BCUT2D eigenvalue weighted by molar-refractivity contribution is -0.0231. The Morgan fingerprint density at radius 1 is 0.830 bits per heavy atom. The molecule has 4 atom stereocenters. The van der Waals surface area contributed by atoms with Crippen LogP contribution in [-0.4, -0.2) is 61.3 Å². The highest BCUT2D eigenvalue weighted by molar-refractivity contribution is 8.00. The quantitative estimate of drug-likeness (QED) is 0.149. The minimum absolute atomic E-state index is 0.129. The van der Waals surface area contributed by atoms with Gasteiger partial charge < -0.3 is 23.7 Å². The van der Waals surface area contributed by atoms with E-state index in [-0.39, 0.29) is 16.9 Å². The Balaban J connectivity index is 1.62. The van der Waals surface area contributed by atoms with Crippen LogP contribution >= 0.6 is 11.8 Å². The van der Waals surface area contributed by atoms with E-state index in [1.165, 1.54) is 28.6 Å². The minimum Gasteiger partial charge on any atom is -0.497 e. The lowest BCUT2D eigenvalue weighted by Gasteiger charge is -2.41. The molecule has 250 valence electrons. The van der Waals surface area contributed by atoms with Gasteiger partial charge in [0.05, 0.1) is 32.2 Å². The Bertz CT molecular complexity index is 1700. The fraction of sp³-hybridized carbons (Fsp3) is 0.389. The number of hydrogen-bond donors (Lipinski definition) is 2. The van der Waals surface area contributed by atoms with Crippen molar-refractivity contribution in [3.63, 3.8) is 0 Å². The molecule has 0 aliphatic carbocycles. The second kappa shape index (κ2) is 13.9. The van der Waals surface area contributed by atoms with Crippen molar-refractivity contribution in [3.8, 4) is 11.5 Å². The van der Waals surface area contributed by atoms with Gasteiger partial charge in [-0.15, -0.1) is 11.8 Å². The summed E-state index contributed by atoms with van der Waals surface area (Å²) in [5.74, 6) is 1.44. The molecule has 1 saturated heterocycles. The standard InChI is InChI=1S/C36H44N2O7SSi/c1-35(2,3)47(6,7)45-32-29(46-33(31(32)40)38-22-21-30(39)37-34(38)41)23-44-36(24-11-9-8-10-12-24,25-13-17-27(42-4)18-14-25)26-15-19-28(43-5)20-16-26/h8-22,29,31-33,40H,23H2,1-7H3,(H,37,39,41)/t29-,31-,32-,33-/m1/s1. The van der Waals surface area contributed by atoms with Gasteiger partial charge in [0, 0.05) is 12.3 Å². The highest BCUT2D eigenvalue weighted by Gasteiger charge is 2.51. The average Bonchev–Trinajstić information content (AvgIpc) is 3.35. The first-order chi connectivity index (χ1) is 22.3. The third-order valence-corrected chi connectivity index (χ3v) is 15.3. The summed E-state index contributed by atoms with van der Waals surface area (Å²) in [5.41, 5.74) is 0.525. The molecule has 4 aromatic rings. The number of aromatic amines is 1. The largest absolute Gasteiger partial charge is 0.497 e. The maximum absolute atomic E-state index is 12.9. The van der Waals surface area contributed by atoms with Crippen LogP contribution in [0.4, 0.5) is 0 Å². The van der Waals surface area contributed by atoms with Crippen molar-refractivity contribution in [1.82, 2.24) is 9.55 Å². The Morgan fingerprint density at radius 2 is 1.36 bits per heavy atom. The van der Waals surface area contributed by atoms with Gasteiger partial charge in [-0.2, -0.15) is 0 Å². The Kier molecular flexibility index (Phi) is 10.2. The van der Waals surface area contributed by atoms with E-state index in [9.17, 15) is 14.7 Å². The molecule has 0 amide bonds. The van der Waals surface area contributed by atoms with Crippen LogP contribution in [0.5, 0.6) is 11.5 Å². The molecule has 0 unspecified atom stereocenters. The SMILES string of the molecule is COc1ccc(C(OC[C@H]2S[C@@H](n3ccc(=O)[nH]c3=O)[C@H](O)[C@@H]2O[Si](C)(C)C(C)(C)C)(c2ccccc2)c2ccc(OC)cc2)cc1. The number of aromatic nitrogens is 2. The first-order valence-electron chi connectivity index (χ1n) is 15.6. The molecular weight excluding hydrogens is 633 g/mol. The van der Waals surface area contributed by atoms with E-state index in [4.69, 9.17) is 18.6 Å². The fourth-order valence-electron chi connectivity index (χ4n) is 5.66. The number of hydrogen-bond acceptors (Lipinski definition) is 8.